The Morgan fingerprint density at radius 2 is 1.95 bits per heavy atom. The second-order valence-electron chi connectivity index (χ2n) is 4.09. The summed E-state index contributed by atoms with van der Waals surface area (Å²) in [4.78, 5) is 13.1. The molecule has 0 fully saturated rings. The second-order valence-corrected chi connectivity index (χ2v) is 5.66. The number of carbonyl (C=O) groups excluding carboxylic acids is 1. The number of carbonyl (C=O) groups is 1. The SMILES string of the molecule is O=C(CSc1ccccc1)Nc1cccc2nsnc12. The largest absolute Gasteiger partial charge is 0.323 e. The van der Waals surface area contributed by atoms with Crippen LogP contribution >= 0.6 is 23.5 Å². The lowest BCUT2D eigenvalue weighted by atomic mass is 10.2. The molecule has 0 saturated heterocycles. The van der Waals surface area contributed by atoms with Crippen LogP contribution in [0.4, 0.5) is 5.69 Å². The van der Waals surface area contributed by atoms with Crippen molar-refractivity contribution >= 4 is 46.1 Å². The van der Waals surface area contributed by atoms with Gasteiger partial charge in [0.1, 0.15) is 11.0 Å². The number of hydrogen-bond acceptors (Lipinski definition) is 5. The first kappa shape index (κ1) is 13.1. The molecule has 2 aromatic carbocycles. The molecule has 0 radical (unpaired) electrons. The topological polar surface area (TPSA) is 54.9 Å². The quantitative estimate of drug-likeness (QED) is 0.750. The molecule has 1 aromatic heterocycles. The molecule has 1 heterocycles. The maximum absolute atomic E-state index is 12.0. The Hall–Kier alpha value is -1.92. The summed E-state index contributed by atoms with van der Waals surface area (Å²) in [6, 6.07) is 15.4. The third-order valence-corrected chi connectivity index (χ3v) is 4.23. The van der Waals surface area contributed by atoms with E-state index < -0.39 is 0 Å². The molecule has 6 heteroatoms. The highest BCUT2D eigenvalue weighted by atomic mass is 32.2. The van der Waals surface area contributed by atoms with E-state index in [-0.39, 0.29) is 5.91 Å². The maximum atomic E-state index is 12.0. The molecular formula is C14H11N3OS2. The van der Waals surface area contributed by atoms with Gasteiger partial charge in [-0.25, -0.2) is 0 Å². The minimum Gasteiger partial charge on any atom is -0.323 e. The highest BCUT2D eigenvalue weighted by Gasteiger charge is 2.08. The van der Waals surface area contributed by atoms with E-state index in [2.05, 4.69) is 14.1 Å². The predicted molar refractivity (Wildman–Crippen MR) is 83.2 cm³/mol. The van der Waals surface area contributed by atoms with Crippen molar-refractivity contribution in [2.45, 2.75) is 4.90 Å². The summed E-state index contributed by atoms with van der Waals surface area (Å²) in [6.45, 7) is 0. The standard InChI is InChI=1S/C14H11N3OS2/c18-13(9-19-10-5-2-1-3-6-10)15-11-7-4-8-12-14(11)17-20-16-12/h1-8H,9H2,(H,15,18). The number of amides is 1. The van der Waals surface area contributed by atoms with Gasteiger partial charge in [0.15, 0.2) is 0 Å². The normalized spacial score (nSPS) is 10.6. The molecule has 0 unspecified atom stereocenters. The lowest BCUT2D eigenvalue weighted by Gasteiger charge is -2.05. The smallest absolute Gasteiger partial charge is 0.234 e. The third kappa shape index (κ3) is 2.97. The number of thioether (sulfide) groups is 1. The van der Waals surface area contributed by atoms with Gasteiger partial charge in [0.05, 0.1) is 23.2 Å². The number of benzene rings is 2. The lowest BCUT2D eigenvalue weighted by Crippen LogP contribution is -2.14. The summed E-state index contributed by atoms with van der Waals surface area (Å²) >= 11 is 2.66. The molecule has 3 aromatic rings. The van der Waals surface area contributed by atoms with Crippen LogP contribution in [0.15, 0.2) is 53.4 Å². The number of nitrogens with zero attached hydrogens (tertiary/aromatic N) is 2. The Bertz CT molecular complexity index is 727. The van der Waals surface area contributed by atoms with E-state index in [1.165, 1.54) is 11.8 Å². The average Bonchev–Trinajstić information content (AvgIpc) is 2.96. The first-order valence-corrected chi connectivity index (χ1v) is 7.73. The molecule has 0 saturated carbocycles. The van der Waals surface area contributed by atoms with Gasteiger partial charge >= 0.3 is 0 Å². The second kappa shape index (κ2) is 6.02. The van der Waals surface area contributed by atoms with Crippen molar-refractivity contribution in [3.8, 4) is 0 Å². The van der Waals surface area contributed by atoms with Gasteiger partial charge in [0.25, 0.3) is 0 Å². The molecule has 0 bridgehead atoms. The molecule has 100 valence electrons. The molecular weight excluding hydrogens is 290 g/mol. The summed E-state index contributed by atoms with van der Waals surface area (Å²) in [6.07, 6.45) is 0. The molecule has 4 nitrogen and oxygen atoms in total. The molecule has 1 amide bonds. The maximum Gasteiger partial charge on any atom is 0.234 e. The van der Waals surface area contributed by atoms with Crippen molar-refractivity contribution in [2.24, 2.45) is 0 Å². The molecule has 0 aliphatic carbocycles. The minimum atomic E-state index is -0.0423. The summed E-state index contributed by atoms with van der Waals surface area (Å²) in [5.74, 6) is 0.331. The van der Waals surface area contributed by atoms with Crippen molar-refractivity contribution < 1.29 is 4.79 Å². The molecule has 0 spiro atoms. The van der Waals surface area contributed by atoms with Gasteiger partial charge in [-0.05, 0) is 24.3 Å². The fraction of sp³-hybridized carbons (Fsp3) is 0.0714. The Morgan fingerprint density at radius 3 is 2.80 bits per heavy atom. The van der Waals surface area contributed by atoms with Gasteiger partial charge in [0, 0.05) is 4.90 Å². The highest BCUT2D eigenvalue weighted by Crippen LogP contribution is 2.22. The van der Waals surface area contributed by atoms with Crippen molar-refractivity contribution in [2.75, 3.05) is 11.1 Å². The molecule has 0 aliphatic rings. The minimum absolute atomic E-state index is 0.0423. The third-order valence-electron chi connectivity index (χ3n) is 2.67. The van der Waals surface area contributed by atoms with Gasteiger partial charge in [0.2, 0.25) is 5.91 Å². The Balaban J connectivity index is 1.66. The van der Waals surface area contributed by atoms with Crippen LogP contribution in [-0.4, -0.2) is 20.4 Å². The molecule has 3 rings (SSSR count). The van der Waals surface area contributed by atoms with E-state index in [4.69, 9.17) is 0 Å². The first-order valence-electron chi connectivity index (χ1n) is 6.02. The Kier molecular flexibility index (Phi) is 3.94. The van der Waals surface area contributed by atoms with E-state index in [0.717, 1.165) is 33.3 Å². The summed E-state index contributed by atoms with van der Waals surface area (Å²) in [5.41, 5.74) is 2.27. The van der Waals surface area contributed by atoms with Gasteiger partial charge in [-0.2, -0.15) is 8.75 Å². The molecule has 1 N–H and O–H groups in total. The lowest BCUT2D eigenvalue weighted by molar-refractivity contribution is -0.113. The molecule has 0 atom stereocenters. The fourth-order valence-corrected chi connectivity index (χ4v) is 3.03. The summed E-state index contributed by atoms with van der Waals surface area (Å²) in [7, 11) is 0. The van der Waals surface area contributed by atoms with E-state index in [1.54, 1.807) is 0 Å². The van der Waals surface area contributed by atoms with Crippen LogP contribution < -0.4 is 5.32 Å². The van der Waals surface area contributed by atoms with Crippen LogP contribution in [-0.2, 0) is 4.79 Å². The van der Waals surface area contributed by atoms with Crippen LogP contribution in [0, 0.1) is 0 Å². The van der Waals surface area contributed by atoms with Crippen molar-refractivity contribution in [1.29, 1.82) is 0 Å². The predicted octanol–water partition coefficient (Wildman–Crippen LogP) is 3.42. The van der Waals surface area contributed by atoms with Crippen LogP contribution in [0.25, 0.3) is 11.0 Å². The summed E-state index contributed by atoms with van der Waals surface area (Å²) < 4.78 is 8.35. The zero-order chi connectivity index (χ0) is 13.8. The van der Waals surface area contributed by atoms with Crippen LogP contribution in [0.1, 0.15) is 0 Å². The number of nitrogens with one attached hydrogen (secondary N) is 1. The molecule has 20 heavy (non-hydrogen) atoms. The fourth-order valence-electron chi connectivity index (χ4n) is 1.76. The van der Waals surface area contributed by atoms with E-state index in [9.17, 15) is 4.79 Å². The van der Waals surface area contributed by atoms with Gasteiger partial charge in [-0.1, -0.05) is 24.3 Å². The zero-order valence-corrected chi connectivity index (χ0v) is 12.1. The number of aromatic nitrogens is 2. The van der Waals surface area contributed by atoms with Crippen LogP contribution in [0.3, 0.4) is 0 Å². The zero-order valence-electron chi connectivity index (χ0n) is 10.4. The number of anilines is 1. The van der Waals surface area contributed by atoms with Gasteiger partial charge in [-0.15, -0.1) is 11.8 Å². The summed E-state index contributed by atoms with van der Waals surface area (Å²) in [5, 5.41) is 2.89. The van der Waals surface area contributed by atoms with Crippen molar-refractivity contribution in [3.63, 3.8) is 0 Å². The monoisotopic (exact) mass is 301 g/mol. The number of hydrogen-bond donors (Lipinski definition) is 1. The van der Waals surface area contributed by atoms with Gasteiger partial charge in [-0.3, -0.25) is 4.79 Å². The van der Waals surface area contributed by atoms with Gasteiger partial charge < -0.3 is 5.32 Å². The van der Waals surface area contributed by atoms with Crippen molar-refractivity contribution in [1.82, 2.24) is 8.75 Å². The van der Waals surface area contributed by atoms with E-state index in [1.807, 2.05) is 48.5 Å². The van der Waals surface area contributed by atoms with E-state index in [0.29, 0.717) is 5.75 Å². The van der Waals surface area contributed by atoms with E-state index >= 15 is 0 Å². The van der Waals surface area contributed by atoms with Crippen molar-refractivity contribution in [3.05, 3.63) is 48.5 Å². The van der Waals surface area contributed by atoms with Crippen LogP contribution in [0.2, 0.25) is 0 Å². The Labute approximate surface area is 124 Å². The highest BCUT2D eigenvalue weighted by molar-refractivity contribution is 8.00. The number of fused-ring (bicyclic) bond motifs is 1. The van der Waals surface area contributed by atoms with Crippen LogP contribution in [0.5, 0.6) is 0 Å². The average molecular weight is 301 g/mol. The Morgan fingerprint density at radius 1 is 1.10 bits per heavy atom. The first-order chi connectivity index (χ1) is 9.83. The molecule has 0 aliphatic heterocycles. The number of rotatable bonds is 4.